The van der Waals surface area contributed by atoms with E-state index in [1.807, 2.05) is 23.6 Å². The van der Waals surface area contributed by atoms with E-state index < -0.39 is 0 Å². The molecule has 3 rings (SSSR count). The molecule has 5 heteroatoms. The Hall–Kier alpha value is -3.10. The Labute approximate surface area is 163 Å². The summed E-state index contributed by atoms with van der Waals surface area (Å²) < 4.78 is 10.7. The molecule has 0 aliphatic rings. The molecule has 0 radical (unpaired) electrons. The van der Waals surface area contributed by atoms with Crippen molar-refractivity contribution in [2.24, 2.45) is 0 Å². The van der Waals surface area contributed by atoms with Crippen molar-refractivity contribution < 1.29 is 9.47 Å². The molecule has 0 amide bonds. The molecule has 0 saturated heterocycles. The van der Waals surface area contributed by atoms with Crippen LogP contribution in [-0.4, -0.2) is 19.2 Å². The molecular weight excluding hydrogens is 356 g/mol. The fraction of sp³-hybridized carbons (Fsp3) is 0.182. The van der Waals surface area contributed by atoms with Gasteiger partial charge in [0.25, 0.3) is 0 Å². The van der Waals surface area contributed by atoms with Gasteiger partial charge in [-0.15, -0.1) is 11.3 Å². The van der Waals surface area contributed by atoms with Crippen LogP contribution in [0.1, 0.15) is 21.7 Å². The Morgan fingerprint density at radius 2 is 1.93 bits per heavy atom. The van der Waals surface area contributed by atoms with Gasteiger partial charge in [0.05, 0.1) is 25.5 Å². The van der Waals surface area contributed by atoms with E-state index in [1.54, 1.807) is 20.3 Å². The molecular formula is C22H20N2O2S. The summed E-state index contributed by atoms with van der Waals surface area (Å²) in [7, 11) is 3.21. The molecule has 0 unspecified atom stereocenters. The fourth-order valence-corrected chi connectivity index (χ4v) is 3.66. The molecule has 2 aromatic carbocycles. The Morgan fingerprint density at radius 3 is 2.59 bits per heavy atom. The van der Waals surface area contributed by atoms with Crippen LogP contribution in [0, 0.1) is 25.2 Å². The number of hydrogen-bond donors (Lipinski definition) is 0. The summed E-state index contributed by atoms with van der Waals surface area (Å²) in [6, 6.07) is 14.0. The SMILES string of the molecule is COc1ccc(OC)c(/C=C(\C#N)c2nc(-c3ccc(C)cc3C)cs2)c1. The smallest absolute Gasteiger partial charge is 0.134 e. The molecule has 0 atom stereocenters. The van der Waals surface area contributed by atoms with Gasteiger partial charge in [-0.3, -0.25) is 0 Å². The summed E-state index contributed by atoms with van der Waals surface area (Å²) in [5.74, 6) is 1.38. The lowest BCUT2D eigenvalue weighted by molar-refractivity contribution is 0.402. The number of aromatic nitrogens is 1. The van der Waals surface area contributed by atoms with E-state index in [0.717, 1.165) is 16.8 Å². The maximum atomic E-state index is 9.68. The minimum Gasteiger partial charge on any atom is -0.497 e. The monoisotopic (exact) mass is 376 g/mol. The summed E-state index contributed by atoms with van der Waals surface area (Å²) in [5.41, 5.74) is 5.61. The number of allylic oxidation sites excluding steroid dienone is 1. The maximum Gasteiger partial charge on any atom is 0.134 e. The highest BCUT2D eigenvalue weighted by atomic mass is 32.1. The van der Waals surface area contributed by atoms with Crippen molar-refractivity contribution in [2.45, 2.75) is 13.8 Å². The molecule has 0 aliphatic heterocycles. The Bertz CT molecular complexity index is 1040. The second kappa shape index (κ2) is 8.07. The van der Waals surface area contributed by atoms with Crippen LogP contribution < -0.4 is 9.47 Å². The van der Waals surface area contributed by atoms with Crippen molar-refractivity contribution in [3.63, 3.8) is 0 Å². The maximum absolute atomic E-state index is 9.68. The number of thiazole rings is 1. The standard InChI is InChI=1S/C22H20N2O2S/c1-14-5-7-19(15(2)9-14)20-13-27-22(24-20)17(12-23)10-16-11-18(25-3)6-8-21(16)26-4/h5-11,13H,1-4H3/b17-10+. The molecule has 0 bridgehead atoms. The first-order chi connectivity index (χ1) is 13.0. The predicted octanol–water partition coefficient (Wildman–Crippen LogP) is 5.51. The minimum absolute atomic E-state index is 0.488. The normalized spacial score (nSPS) is 11.1. The van der Waals surface area contributed by atoms with Gasteiger partial charge in [0, 0.05) is 16.5 Å². The molecule has 0 fully saturated rings. The fourth-order valence-electron chi connectivity index (χ4n) is 2.87. The van der Waals surface area contributed by atoms with Gasteiger partial charge in [-0.2, -0.15) is 5.26 Å². The molecule has 3 aromatic rings. The zero-order valence-corrected chi connectivity index (χ0v) is 16.6. The van der Waals surface area contributed by atoms with Crippen molar-refractivity contribution >= 4 is 23.0 Å². The second-order valence-corrected chi connectivity index (χ2v) is 6.99. The van der Waals surface area contributed by atoms with E-state index in [-0.39, 0.29) is 0 Å². The number of benzene rings is 2. The van der Waals surface area contributed by atoms with Crippen LogP contribution in [0.5, 0.6) is 11.5 Å². The van der Waals surface area contributed by atoms with E-state index in [2.05, 4.69) is 38.1 Å². The van der Waals surface area contributed by atoms with Gasteiger partial charge < -0.3 is 9.47 Å². The predicted molar refractivity (Wildman–Crippen MR) is 110 cm³/mol. The number of nitrogens with zero attached hydrogens (tertiary/aromatic N) is 2. The lowest BCUT2D eigenvalue weighted by Crippen LogP contribution is -1.91. The highest BCUT2D eigenvalue weighted by Crippen LogP contribution is 2.32. The van der Waals surface area contributed by atoms with Crippen molar-refractivity contribution in [3.8, 4) is 28.8 Å². The highest BCUT2D eigenvalue weighted by Gasteiger charge is 2.12. The molecule has 136 valence electrons. The van der Waals surface area contributed by atoms with E-state index >= 15 is 0 Å². The van der Waals surface area contributed by atoms with Gasteiger partial charge in [-0.1, -0.05) is 23.8 Å². The van der Waals surface area contributed by atoms with E-state index in [4.69, 9.17) is 14.5 Å². The topological polar surface area (TPSA) is 55.1 Å². The van der Waals surface area contributed by atoms with Gasteiger partial charge >= 0.3 is 0 Å². The van der Waals surface area contributed by atoms with Crippen LogP contribution in [-0.2, 0) is 0 Å². The van der Waals surface area contributed by atoms with Gasteiger partial charge in [-0.05, 0) is 43.7 Å². The Kier molecular flexibility index (Phi) is 5.58. The summed E-state index contributed by atoms with van der Waals surface area (Å²) in [5, 5.41) is 12.3. The van der Waals surface area contributed by atoms with Gasteiger partial charge in [0.15, 0.2) is 0 Å². The van der Waals surface area contributed by atoms with Gasteiger partial charge in [0.2, 0.25) is 0 Å². The highest BCUT2D eigenvalue weighted by molar-refractivity contribution is 7.11. The summed E-state index contributed by atoms with van der Waals surface area (Å²) >= 11 is 1.46. The number of nitriles is 1. The molecule has 4 nitrogen and oxygen atoms in total. The van der Waals surface area contributed by atoms with Crippen LogP contribution in [0.2, 0.25) is 0 Å². The number of hydrogen-bond acceptors (Lipinski definition) is 5. The molecule has 0 saturated carbocycles. The first-order valence-electron chi connectivity index (χ1n) is 8.43. The molecule has 27 heavy (non-hydrogen) atoms. The summed E-state index contributed by atoms with van der Waals surface area (Å²) in [4.78, 5) is 4.69. The number of methoxy groups -OCH3 is 2. The van der Waals surface area contributed by atoms with Gasteiger partial charge in [0.1, 0.15) is 22.6 Å². The van der Waals surface area contributed by atoms with Gasteiger partial charge in [-0.25, -0.2) is 4.98 Å². The third-order valence-electron chi connectivity index (χ3n) is 4.25. The molecule has 0 aliphatic carbocycles. The first-order valence-corrected chi connectivity index (χ1v) is 9.31. The molecule has 1 heterocycles. The second-order valence-electron chi connectivity index (χ2n) is 6.13. The summed E-state index contributed by atoms with van der Waals surface area (Å²) in [6.45, 7) is 4.14. The zero-order valence-electron chi connectivity index (χ0n) is 15.7. The van der Waals surface area contributed by atoms with E-state index in [9.17, 15) is 5.26 Å². The third-order valence-corrected chi connectivity index (χ3v) is 5.13. The van der Waals surface area contributed by atoms with Crippen LogP contribution in [0.3, 0.4) is 0 Å². The Morgan fingerprint density at radius 1 is 1.11 bits per heavy atom. The van der Waals surface area contributed by atoms with E-state index in [0.29, 0.717) is 22.1 Å². The Balaban J connectivity index is 2.01. The number of rotatable bonds is 5. The quantitative estimate of drug-likeness (QED) is 0.551. The van der Waals surface area contributed by atoms with Crippen LogP contribution in [0.4, 0.5) is 0 Å². The average Bonchev–Trinajstić information content (AvgIpc) is 3.15. The van der Waals surface area contributed by atoms with Crippen molar-refractivity contribution in [1.82, 2.24) is 4.98 Å². The third kappa shape index (κ3) is 4.02. The van der Waals surface area contributed by atoms with Crippen LogP contribution in [0.25, 0.3) is 22.9 Å². The molecule has 0 spiro atoms. The van der Waals surface area contributed by atoms with Crippen LogP contribution >= 0.6 is 11.3 Å². The minimum atomic E-state index is 0.488. The number of ether oxygens (including phenoxy) is 2. The average molecular weight is 376 g/mol. The van der Waals surface area contributed by atoms with Crippen molar-refractivity contribution in [1.29, 1.82) is 5.26 Å². The lowest BCUT2D eigenvalue weighted by Gasteiger charge is -2.07. The van der Waals surface area contributed by atoms with Crippen molar-refractivity contribution in [2.75, 3.05) is 14.2 Å². The first kappa shape index (κ1) is 18.7. The largest absolute Gasteiger partial charge is 0.497 e. The number of aryl methyl sites for hydroxylation is 2. The molecule has 1 aromatic heterocycles. The van der Waals surface area contributed by atoms with Crippen molar-refractivity contribution in [3.05, 3.63) is 63.5 Å². The lowest BCUT2D eigenvalue weighted by atomic mass is 10.0. The van der Waals surface area contributed by atoms with Crippen LogP contribution in [0.15, 0.2) is 41.8 Å². The van der Waals surface area contributed by atoms with E-state index in [1.165, 1.54) is 22.5 Å². The summed E-state index contributed by atoms with van der Waals surface area (Å²) in [6.07, 6.45) is 1.78. The zero-order chi connectivity index (χ0) is 19.4. The molecule has 0 N–H and O–H groups in total.